The first kappa shape index (κ1) is 12.3. The van der Waals surface area contributed by atoms with E-state index >= 15 is 0 Å². The number of piperidine rings is 1. The largest absolute Gasteiger partial charge is 0.276 e. The molecule has 0 aliphatic carbocycles. The fraction of sp³-hybridized carbons (Fsp3) is 0.333. The maximum Gasteiger partial charge on any atom is 0.276 e. The van der Waals surface area contributed by atoms with Crippen LogP contribution in [0.3, 0.4) is 0 Å². The van der Waals surface area contributed by atoms with Crippen LogP contribution in [-0.4, -0.2) is 25.8 Å². The average Bonchev–Trinajstić information content (AvgIpc) is 2.30. The van der Waals surface area contributed by atoms with Gasteiger partial charge in [0, 0.05) is 13.1 Å². The van der Waals surface area contributed by atoms with Gasteiger partial charge in [0.25, 0.3) is 10.2 Å². The smallest absolute Gasteiger partial charge is 0.216 e. The molecule has 1 aromatic carbocycles. The van der Waals surface area contributed by atoms with Gasteiger partial charge in [-0.05, 0) is 18.4 Å². The predicted octanol–water partition coefficient (Wildman–Crippen LogP) is 1.37. The Morgan fingerprint density at radius 2 is 1.71 bits per heavy atom. The SMILES string of the molecule is NS(=O)(=O)N1CCC(=Cc2ccccc2)CC1. The first-order valence-electron chi connectivity index (χ1n) is 5.58. The van der Waals surface area contributed by atoms with Crippen LogP contribution >= 0.6 is 0 Å². The summed E-state index contributed by atoms with van der Waals surface area (Å²) in [6.45, 7) is 0.967. The highest BCUT2D eigenvalue weighted by atomic mass is 32.2. The second-order valence-electron chi connectivity index (χ2n) is 4.16. The van der Waals surface area contributed by atoms with Gasteiger partial charge in [0.05, 0.1) is 0 Å². The zero-order chi connectivity index (χ0) is 12.3. The maximum absolute atomic E-state index is 11.1. The Bertz CT molecular complexity index is 499. The molecule has 1 heterocycles. The van der Waals surface area contributed by atoms with Gasteiger partial charge in [-0.2, -0.15) is 12.7 Å². The van der Waals surface area contributed by atoms with Crippen molar-refractivity contribution in [1.29, 1.82) is 0 Å². The van der Waals surface area contributed by atoms with Crippen molar-refractivity contribution in [3.05, 3.63) is 41.5 Å². The second kappa shape index (κ2) is 5.00. The highest BCUT2D eigenvalue weighted by molar-refractivity contribution is 7.86. The van der Waals surface area contributed by atoms with Gasteiger partial charge in [0.15, 0.2) is 0 Å². The summed E-state index contributed by atoms with van der Waals surface area (Å²) in [5, 5.41) is 5.09. The molecule has 1 saturated heterocycles. The standard InChI is InChI=1S/C12H16N2O2S/c13-17(15,16)14-8-6-12(7-9-14)10-11-4-2-1-3-5-11/h1-5,10H,6-9H2,(H2,13,15,16). The molecule has 1 aliphatic rings. The van der Waals surface area contributed by atoms with Crippen molar-refractivity contribution in [2.75, 3.05) is 13.1 Å². The van der Waals surface area contributed by atoms with E-state index in [9.17, 15) is 8.42 Å². The number of hydrogen-bond donors (Lipinski definition) is 1. The summed E-state index contributed by atoms with van der Waals surface area (Å²) in [6, 6.07) is 10.0. The van der Waals surface area contributed by atoms with Gasteiger partial charge < -0.3 is 0 Å². The zero-order valence-electron chi connectivity index (χ0n) is 9.54. The molecular weight excluding hydrogens is 236 g/mol. The highest BCUT2D eigenvalue weighted by Crippen LogP contribution is 2.20. The van der Waals surface area contributed by atoms with Gasteiger partial charge in [0.2, 0.25) is 0 Å². The van der Waals surface area contributed by atoms with E-state index in [0.29, 0.717) is 13.1 Å². The summed E-state index contributed by atoms with van der Waals surface area (Å²) < 4.78 is 23.6. The Kier molecular flexibility index (Phi) is 3.61. The summed E-state index contributed by atoms with van der Waals surface area (Å²) in [5.41, 5.74) is 2.43. The van der Waals surface area contributed by atoms with Crippen LogP contribution in [0.1, 0.15) is 18.4 Å². The van der Waals surface area contributed by atoms with E-state index in [0.717, 1.165) is 18.4 Å². The summed E-state index contributed by atoms with van der Waals surface area (Å²) in [4.78, 5) is 0. The molecule has 0 bridgehead atoms. The molecular formula is C12H16N2O2S. The van der Waals surface area contributed by atoms with Crippen LogP contribution in [-0.2, 0) is 10.2 Å². The lowest BCUT2D eigenvalue weighted by Crippen LogP contribution is -2.40. The third-order valence-corrected chi connectivity index (χ3v) is 3.98. The van der Waals surface area contributed by atoms with Crippen LogP contribution in [0.4, 0.5) is 0 Å². The predicted molar refractivity (Wildman–Crippen MR) is 68.3 cm³/mol. The first-order valence-corrected chi connectivity index (χ1v) is 7.08. The topological polar surface area (TPSA) is 63.4 Å². The molecule has 0 saturated carbocycles. The van der Waals surface area contributed by atoms with E-state index in [1.54, 1.807) is 0 Å². The Labute approximate surface area is 102 Å². The average molecular weight is 252 g/mol. The van der Waals surface area contributed by atoms with Crippen LogP contribution in [0.5, 0.6) is 0 Å². The fourth-order valence-corrected chi connectivity index (χ4v) is 2.65. The molecule has 2 rings (SSSR count). The lowest BCUT2D eigenvalue weighted by Gasteiger charge is -2.25. The number of rotatable bonds is 2. The quantitative estimate of drug-likeness (QED) is 0.864. The fourth-order valence-electron chi connectivity index (χ4n) is 1.96. The van der Waals surface area contributed by atoms with E-state index in [4.69, 9.17) is 5.14 Å². The van der Waals surface area contributed by atoms with Crippen molar-refractivity contribution in [3.63, 3.8) is 0 Å². The summed E-state index contributed by atoms with van der Waals surface area (Å²) in [6.07, 6.45) is 3.64. The first-order chi connectivity index (χ1) is 8.05. The summed E-state index contributed by atoms with van der Waals surface area (Å²) in [7, 11) is -3.52. The molecule has 0 aromatic heterocycles. The maximum atomic E-state index is 11.1. The van der Waals surface area contributed by atoms with Gasteiger partial charge in [-0.25, -0.2) is 5.14 Å². The minimum atomic E-state index is -3.52. The third-order valence-electron chi connectivity index (χ3n) is 2.89. The van der Waals surface area contributed by atoms with Crippen LogP contribution in [0, 0.1) is 0 Å². The van der Waals surface area contributed by atoms with Gasteiger partial charge in [-0.1, -0.05) is 42.0 Å². The molecule has 0 radical (unpaired) electrons. The van der Waals surface area contributed by atoms with Gasteiger partial charge in [-0.3, -0.25) is 0 Å². The zero-order valence-corrected chi connectivity index (χ0v) is 10.4. The van der Waals surface area contributed by atoms with Crippen molar-refractivity contribution < 1.29 is 8.42 Å². The molecule has 92 valence electrons. The van der Waals surface area contributed by atoms with Crippen molar-refractivity contribution in [1.82, 2.24) is 4.31 Å². The van der Waals surface area contributed by atoms with E-state index in [1.165, 1.54) is 9.88 Å². The Morgan fingerprint density at radius 3 is 2.24 bits per heavy atom. The van der Waals surface area contributed by atoms with E-state index in [2.05, 4.69) is 6.08 Å². The van der Waals surface area contributed by atoms with Crippen molar-refractivity contribution in [2.24, 2.45) is 5.14 Å². The molecule has 0 atom stereocenters. The van der Waals surface area contributed by atoms with Crippen LogP contribution in [0.15, 0.2) is 35.9 Å². The molecule has 4 nitrogen and oxygen atoms in total. The molecule has 17 heavy (non-hydrogen) atoms. The van der Waals surface area contributed by atoms with Crippen LogP contribution in [0.25, 0.3) is 6.08 Å². The van der Waals surface area contributed by atoms with Gasteiger partial charge in [-0.15, -0.1) is 0 Å². The van der Waals surface area contributed by atoms with E-state index in [-0.39, 0.29) is 0 Å². The Hall–Kier alpha value is -1.17. The third kappa shape index (κ3) is 3.39. The number of nitrogens with two attached hydrogens (primary N) is 1. The molecule has 0 unspecified atom stereocenters. The van der Waals surface area contributed by atoms with Crippen LogP contribution in [0.2, 0.25) is 0 Å². The lowest BCUT2D eigenvalue weighted by molar-refractivity contribution is 0.388. The summed E-state index contributed by atoms with van der Waals surface area (Å²) >= 11 is 0. The van der Waals surface area contributed by atoms with Crippen molar-refractivity contribution in [3.8, 4) is 0 Å². The molecule has 1 fully saturated rings. The normalized spacial score (nSPS) is 18.1. The molecule has 1 aliphatic heterocycles. The van der Waals surface area contributed by atoms with Gasteiger partial charge >= 0.3 is 0 Å². The van der Waals surface area contributed by atoms with E-state index in [1.807, 2.05) is 30.3 Å². The van der Waals surface area contributed by atoms with Crippen molar-refractivity contribution in [2.45, 2.75) is 12.8 Å². The molecule has 5 heteroatoms. The van der Waals surface area contributed by atoms with Gasteiger partial charge in [0.1, 0.15) is 0 Å². The second-order valence-corrected chi connectivity index (χ2v) is 5.70. The lowest BCUT2D eigenvalue weighted by atomic mass is 10.0. The monoisotopic (exact) mass is 252 g/mol. The Balaban J connectivity index is 2.03. The number of hydrogen-bond acceptors (Lipinski definition) is 2. The Morgan fingerprint density at radius 1 is 1.12 bits per heavy atom. The molecule has 1 aromatic rings. The number of benzene rings is 1. The van der Waals surface area contributed by atoms with Crippen molar-refractivity contribution >= 4 is 16.3 Å². The minimum absolute atomic E-state index is 0.484. The molecule has 0 amide bonds. The minimum Gasteiger partial charge on any atom is -0.216 e. The summed E-state index contributed by atoms with van der Waals surface area (Å²) in [5.74, 6) is 0. The molecule has 0 spiro atoms. The number of nitrogens with zero attached hydrogens (tertiary/aromatic N) is 1. The van der Waals surface area contributed by atoms with Crippen LogP contribution < -0.4 is 5.14 Å². The van der Waals surface area contributed by atoms with E-state index < -0.39 is 10.2 Å². The molecule has 2 N–H and O–H groups in total. The highest BCUT2D eigenvalue weighted by Gasteiger charge is 2.21.